The average Bonchev–Trinajstić information content (AvgIpc) is 2.78. The Labute approximate surface area is 111 Å². The van der Waals surface area contributed by atoms with E-state index in [0.29, 0.717) is 12.2 Å². The smallest absolute Gasteiger partial charge is 0.250 e. The van der Waals surface area contributed by atoms with Gasteiger partial charge in [-0.25, -0.2) is 0 Å². The predicted molar refractivity (Wildman–Crippen MR) is 72.0 cm³/mol. The Morgan fingerprint density at radius 2 is 2.28 bits per heavy atom. The first kappa shape index (κ1) is 13.1. The molecule has 0 spiro atoms. The van der Waals surface area contributed by atoms with Gasteiger partial charge in [-0.05, 0) is 32.3 Å². The van der Waals surface area contributed by atoms with E-state index in [1.165, 1.54) is 6.07 Å². The molecule has 2 atom stereocenters. The van der Waals surface area contributed by atoms with Crippen molar-refractivity contribution in [3.63, 3.8) is 0 Å². The lowest BCUT2D eigenvalue weighted by molar-refractivity contribution is -0.119. The number of nitrogens with zero attached hydrogens (tertiary/aromatic N) is 1. The minimum absolute atomic E-state index is 0.000507. The summed E-state index contributed by atoms with van der Waals surface area (Å²) in [5, 5.41) is 2.97. The Balaban J connectivity index is 2.05. The maximum atomic E-state index is 12.0. The minimum Gasteiger partial charge on any atom is -0.325 e. The average molecular weight is 269 g/mol. The molecule has 0 aromatic carbocycles. The molecule has 0 bridgehead atoms. The fourth-order valence-corrected chi connectivity index (χ4v) is 2.60. The third-order valence-corrected chi connectivity index (χ3v) is 3.73. The Bertz CT molecular complexity index is 498. The van der Waals surface area contributed by atoms with Crippen LogP contribution < -0.4 is 10.9 Å². The summed E-state index contributed by atoms with van der Waals surface area (Å²) >= 11 is 6.00. The van der Waals surface area contributed by atoms with Crippen LogP contribution in [0.3, 0.4) is 0 Å². The summed E-state index contributed by atoms with van der Waals surface area (Å²) in [6.45, 7) is 2.48. The second-order valence-electron chi connectivity index (χ2n) is 4.64. The number of alkyl halides is 1. The molecule has 1 aromatic heterocycles. The Kier molecular flexibility index (Phi) is 4.07. The van der Waals surface area contributed by atoms with Crippen molar-refractivity contribution in [3.05, 3.63) is 28.7 Å². The molecule has 1 saturated carbocycles. The van der Waals surface area contributed by atoms with E-state index in [-0.39, 0.29) is 22.8 Å². The van der Waals surface area contributed by atoms with Gasteiger partial charge in [0, 0.05) is 30.1 Å². The molecular formula is C13H17ClN2O2. The zero-order chi connectivity index (χ0) is 13.1. The molecule has 0 aliphatic heterocycles. The summed E-state index contributed by atoms with van der Waals surface area (Å²) in [7, 11) is 0. The number of pyridine rings is 1. The molecule has 18 heavy (non-hydrogen) atoms. The van der Waals surface area contributed by atoms with Crippen molar-refractivity contribution in [3.8, 4) is 0 Å². The van der Waals surface area contributed by atoms with Crippen molar-refractivity contribution in [1.29, 1.82) is 0 Å². The molecule has 2 rings (SSSR count). The van der Waals surface area contributed by atoms with Crippen LogP contribution in [0.5, 0.6) is 0 Å². The molecule has 5 heteroatoms. The van der Waals surface area contributed by atoms with E-state index in [0.717, 1.165) is 19.3 Å². The number of rotatable bonds is 3. The second-order valence-corrected chi connectivity index (χ2v) is 5.26. The molecule has 1 aliphatic carbocycles. The number of amides is 1. The number of hydrogen-bond donors (Lipinski definition) is 1. The molecule has 1 aromatic rings. The van der Waals surface area contributed by atoms with E-state index in [1.54, 1.807) is 16.8 Å². The van der Waals surface area contributed by atoms with Gasteiger partial charge in [0.1, 0.15) is 0 Å². The molecule has 1 aliphatic rings. The zero-order valence-electron chi connectivity index (χ0n) is 10.4. The Morgan fingerprint density at radius 3 is 2.89 bits per heavy atom. The van der Waals surface area contributed by atoms with E-state index in [9.17, 15) is 9.59 Å². The van der Waals surface area contributed by atoms with Crippen LogP contribution in [0.25, 0.3) is 0 Å². The van der Waals surface area contributed by atoms with E-state index in [4.69, 9.17) is 11.6 Å². The number of aryl methyl sites for hydroxylation is 1. The van der Waals surface area contributed by atoms with Crippen molar-refractivity contribution >= 4 is 23.2 Å². The predicted octanol–water partition coefficient (Wildman–Crippen LogP) is 2.21. The lowest BCUT2D eigenvalue weighted by Gasteiger charge is -2.11. The SMILES string of the molecule is CCn1cc(NC(=O)[C@H]2CC[C@@H](Cl)C2)ccc1=O. The highest BCUT2D eigenvalue weighted by molar-refractivity contribution is 6.21. The maximum absolute atomic E-state index is 12.0. The molecular weight excluding hydrogens is 252 g/mol. The first-order valence-corrected chi connectivity index (χ1v) is 6.69. The van der Waals surface area contributed by atoms with E-state index < -0.39 is 0 Å². The van der Waals surface area contributed by atoms with Crippen molar-refractivity contribution in [2.24, 2.45) is 5.92 Å². The summed E-state index contributed by atoms with van der Waals surface area (Å²) in [4.78, 5) is 23.4. The van der Waals surface area contributed by atoms with E-state index >= 15 is 0 Å². The number of aromatic nitrogens is 1. The third-order valence-electron chi connectivity index (χ3n) is 3.33. The fraction of sp³-hybridized carbons (Fsp3) is 0.538. The van der Waals surface area contributed by atoms with Gasteiger partial charge < -0.3 is 9.88 Å². The molecule has 0 radical (unpaired) electrons. The summed E-state index contributed by atoms with van der Waals surface area (Å²) in [6, 6.07) is 3.11. The highest BCUT2D eigenvalue weighted by Crippen LogP contribution is 2.30. The third kappa shape index (κ3) is 2.93. The first-order chi connectivity index (χ1) is 8.60. The van der Waals surface area contributed by atoms with Crippen LogP contribution in [0.4, 0.5) is 5.69 Å². The van der Waals surface area contributed by atoms with E-state index in [2.05, 4.69) is 5.32 Å². The van der Waals surface area contributed by atoms with Crippen LogP contribution in [-0.4, -0.2) is 15.9 Å². The molecule has 1 N–H and O–H groups in total. The van der Waals surface area contributed by atoms with Crippen LogP contribution >= 0.6 is 11.6 Å². The molecule has 98 valence electrons. The molecule has 0 saturated heterocycles. The zero-order valence-corrected chi connectivity index (χ0v) is 11.1. The summed E-state index contributed by atoms with van der Waals surface area (Å²) in [5.74, 6) is -0.00560. The first-order valence-electron chi connectivity index (χ1n) is 6.25. The normalized spacial score (nSPS) is 23.0. The second kappa shape index (κ2) is 5.57. The Morgan fingerprint density at radius 1 is 1.50 bits per heavy atom. The van der Waals surface area contributed by atoms with Gasteiger partial charge >= 0.3 is 0 Å². The van der Waals surface area contributed by atoms with E-state index in [1.807, 2.05) is 6.92 Å². The highest BCUT2D eigenvalue weighted by Gasteiger charge is 2.28. The van der Waals surface area contributed by atoms with Gasteiger partial charge in [0.25, 0.3) is 5.56 Å². The van der Waals surface area contributed by atoms with Gasteiger partial charge in [-0.1, -0.05) is 0 Å². The molecule has 1 heterocycles. The van der Waals surface area contributed by atoms with Gasteiger partial charge in [-0.15, -0.1) is 11.6 Å². The number of anilines is 1. The molecule has 1 fully saturated rings. The van der Waals surface area contributed by atoms with Crippen molar-refractivity contribution in [2.45, 2.75) is 38.1 Å². The number of carbonyl (C=O) groups excluding carboxylic acids is 1. The van der Waals surface area contributed by atoms with Gasteiger partial charge in [0.15, 0.2) is 0 Å². The van der Waals surface area contributed by atoms with Crippen molar-refractivity contribution in [2.75, 3.05) is 5.32 Å². The van der Waals surface area contributed by atoms with Gasteiger partial charge in [0.05, 0.1) is 5.69 Å². The monoisotopic (exact) mass is 268 g/mol. The fourth-order valence-electron chi connectivity index (χ4n) is 2.26. The summed E-state index contributed by atoms with van der Waals surface area (Å²) in [5.41, 5.74) is 0.608. The number of hydrogen-bond acceptors (Lipinski definition) is 2. The lowest BCUT2D eigenvalue weighted by atomic mass is 10.1. The maximum Gasteiger partial charge on any atom is 0.250 e. The summed E-state index contributed by atoms with van der Waals surface area (Å²) in [6.07, 6.45) is 4.15. The standard InChI is InChI=1S/C13H17ClN2O2/c1-2-16-8-11(5-6-12(16)17)15-13(18)9-3-4-10(14)7-9/h5-6,8-10H,2-4,7H2,1H3,(H,15,18)/t9-,10+/m0/s1. The minimum atomic E-state index is -0.0582. The topological polar surface area (TPSA) is 51.1 Å². The molecule has 4 nitrogen and oxygen atoms in total. The highest BCUT2D eigenvalue weighted by atomic mass is 35.5. The quantitative estimate of drug-likeness (QED) is 0.855. The van der Waals surface area contributed by atoms with Gasteiger partial charge in [-0.2, -0.15) is 0 Å². The van der Waals surface area contributed by atoms with Crippen LogP contribution in [0.2, 0.25) is 0 Å². The number of halogens is 1. The Hall–Kier alpha value is -1.29. The van der Waals surface area contributed by atoms with Gasteiger partial charge in [0.2, 0.25) is 5.91 Å². The summed E-state index contributed by atoms with van der Waals surface area (Å²) < 4.78 is 1.56. The van der Waals surface area contributed by atoms with Crippen molar-refractivity contribution in [1.82, 2.24) is 4.57 Å². The van der Waals surface area contributed by atoms with Crippen LogP contribution in [0.15, 0.2) is 23.1 Å². The van der Waals surface area contributed by atoms with Crippen LogP contribution in [0, 0.1) is 5.92 Å². The number of nitrogens with one attached hydrogen (secondary N) is 1. The largest absolute Gasteiger partial charge is 0.325 e. The van der Waals surface area contributed by atoms with Crippen LogP contribution in [0.1, 0.15) is 26.2 Å². The van der Waals surface area contributed by atoms with Gasteiger partial charge in [-0.3, -0.25) is 9.59 Å². The number of carbonyl (C=O) groups is 1. The lowest BCUT2D eigenvalue weighted by Crippen LogP contribution is -2.23. The van der Waals surface area contributed by atoms with Crippen molar-refractivity contribution < 1.29 is 4.79 Å². The van der Waals surface area contributed by atoms with Crippen LogP contribution in [-0.2, 0) is 11.3 Å². The molecule has 1 amide bonds. The molecule has 0 unspecified atom stereocenters.